The van der Waals surface area contributed by atoms with Crippen LogP contribution >= 0.6 is 43.2 Å². The normalized spacial score (nSPS) is 14.8. The van der Waals surface area contributed by atoms with Gasteiger partial charge in [-0.25, -0.2) is 9.79 Å². The van der Waals surface area contributed by atoms with Crippen LogP contribution in [0.2, 0.25) is 0 Å². The summed E-state index contributed by atoms with van der Waals surface area (Å²) in [6.45, 7) is 6.52. The van der Waals surface area contributed by atoms with Gasteiger partial charge in [0.25, 0.3) is 5.56 Å². The van der Waals surface area contributed by atoms with Crippen LogP contribution < -0.4 is 24.4 Å². The van der Waals surface area contributed by atoms with E-state index in [2.05, 4.69) is 36.9 Å². The molecule has 0 fully saturated rings. The fraction of sp³-hybridized carbons (Fsp3) is 0.219. The summed E-state index contributed by atoms with van der Waals surface area (Å²) >= 11 is 8.20. The summed E-state index contributed by atoms with van der Waals surface area (Å²) in [4.78, 5) is 32.1. The first-order valence-corrected chi connectivity index (χ1v) is 15.8. The van der Waals surface area contributed by atoms with Crippen LogP contribution in [0.15, 0.2) is 96.7 Å². The van der Waals surface area contributed by atoms with Crippen molar-refractivity contribution in [1.82, 2.24) is 4.57 Å². The topological polar surface area (TPSA) is 79.1 Å². The van der Waals surface area contributed by atoms with Crippen molar-refractivity contribution in [3.05, 3.63) is 123 Å². The maximum Gasteiger partial charge on any atom is 0.338 e. The van der Waals surface area contributed by atoms with Crippen molar-refractivity contribution in [3.8, 4) is 11.5 Å². The van der Waals surface area contributed by atoms with Crippen LogP contribution in [0, 0.1) is 0 Å². The number of fused-ring (bicyclic) bond motifs is 1. The van der Waals surface area contributed by atoms with Crippen LogP contribution in [-0.2, 0) is 16.1 Å². The first-order chi connectivity index (χ1) is 20.3. The van der Waals surface area contributed by atoms with Crippen molar-refractivity contribution in [2.75, 3.05) is 13.2 Å². The zero-order chi connectivity index (χ0) is 29.8. The fourth-order valence-corrected chi connectivity index (χ4v) is 6.22. The summed E-state index contributed by atoms with van der Waals surface area (Å²) in [5.41, 5.74) is 3.23. The molecule has 0 aliphatic carbocycles. The minimum absolute atomic E-state index is 0.220. The van der Waals surface area contributed by atoms with Gasteiger partial charge in [-0.1, -0.05) is 73.5 Å². The SMILES string of the molecule is CCOC(=O)C1=C(C)N=c2s/c(=C\c3ccc(OCc4ccc(Br)cc4)c(OCC)c3)c(=O)n2[C@H]1c1ccc(Br)cc1. The Balaban J connectivity index is 1.54. The zero-order valence-corrected chi connectivity index (χ0v) is 27.2. The van der Waals surface area contributed by atoms with Gasteiger partial charge in [-0.2, -0.15) is 0 Å². The van der Waals surface area contributed by atoms with Crippen molar-refractivity contribution in [3.63, 3.8) is 0 Å². The lowest BCUT2D eigenvalue weighted by molar-refractivity contribution is -0.139. The second-order valence-corrected chi connectivity index (χ2v) is 12.2. The molecule has 1 aromatic heterocycles. The van der Waals surface area contributed by atoms with Crippen molar-refractivity contribution < 1.29 is 19.0 Å². The number of carbonyl (C=O) groups is 1. The van der Waals surface area contributed by atoms with Crippen LogP contribution in [0.4, 0.5) is 0 Å². The van der Waals surface area contributed by atoms with E-state index >= 15 is 0 Å². The molecule has 0 amide bonds. The molecule has 2 heterocycles. The molecule has 216 valence electrons. The smallest absolute Gasteiger partial charge is 0.338 e. The van der Waals surface area contributed by atoms with Gasteiger partial charge in [0.1, 0.15) is 6.61 Å². The van der Waals surface area contributed by atoms with Gasteiger partial charge < -0.3 is 14.2 Å². The maximum absolute atomic E-state index is 13.9. The largest absolute Gasteiger partial charge is 0.490 e. The molecule has 0 saturated carbocycles. The number of rotatable bonds is 9. The monoisotopic (exact) mass is 710 g/mol. The summed E-state index contributed by atoms with van der Waals surface area (Å²) in [6, 6.07) is 20.4. The number of allylic oxidation sites excluding steroid dienone is 1. The van der Waals surface area contributed by atoms with Crippen LogP contribution in [0.1, 0.15) is 43.5 Å². The van der Waals surface area contributed by atoms with Crippen molar-refractivity contribution in [2.24, 2.45) is 4.99 Å². The number of carbonyl (C=O) groups excluding carboxylic acids is 1. The second-order valence-electron chi connectivity index (χ2n) is 9.41. The Morgan fingerprint density at radius 1 is 0.952 bits per heavy atom. The minimum atomic E-state index is -0.663. The number of ether oxygens (including phenoxy) is 3. The predicted octanol–water partition coefficient (Wildman–Crippen LogP) is 6.30. The van der Waals surface area contributed by atoms with E-state index in [1.54, 1.807) is 18.4 Å². The van der Waals surface area contributed by atoms with Gasteiger partial charge in [-0.05, 0) is 79.9 Å². The van der Waals surface area contributed by atoms with Gasteiger partial charge in [0.15, 0.2) is 16.3 Å². The molecule has 1 aliphatic rings. The van der Waals surface area contributed by atoms with Gasteiger partial charge in [0, 0.05) is 8.95 Å². The van der Waals surface area contributed by atoms with E-state index in [0.717, 1.165) is 25.6 Å². The Labute approximate surface area is 264 Å². The predicted molar refractivity (Wildman–Crippen MR) is 171 cm³/mol. The number of esters is 1. The number of halogens is 2. The number of benzene rings is 3. The standard InChI is InChI=1S/C32H28Br2N2O5S/c1-4-39-26-16-21(8-15-25(26)41-18-20-6-11-23(33)12-7-20)17-27-30(37)36-29(22-9-13-24(34)14-10-22)28(31(38)40-5-2)19(3)35-32(36)42-27/h6-17,29H,4-5,18H2,1-3H3/b27-17-/t29-/m0/s1. The third-order valence-electron chi connectivity index (χ3n) is 6.58. The molecule has 0 unspecified atom stereocenters. The molecular formula is C32H28Br2N2O5S. The molecular weight excluding hydrogens is 684 g/mol. The lowest BCUT2D eigenvalue weighted by Crippen LogP contribution is -2.39. The highest BCUT2D eigenvalue weighted by Gasteiger charge is 2.33. The van der Waals surface area contributed by atoms with E-state index in [1.807, 2.05) is 79.7 Å². The average molecular weight is 712 g/mol. The van der Waals surface area contributed by atoms with Crippen LogP contribution in [-0.4, -0.2) is 23.8 Å². The third kappa shape index (κ3) is 6.45. The van der Waals surface area contributed by atoms with Gasteiger partial charge in [-0.15, -0.1) is 0 Å². The van der Waals surface area contributed by atoms with Crippen molar-refractivity contribution in [2.45, 2.75) is 33.4 Å². The molecule has 1 aliphatic heterocycles. The molecule has 0 saturated heterocycles. The first kappa shape index (κ1) is 30.0. The molecule has 42 heavy (non-hydrogen) atoms. The van der Waals surface area contributed by atoms with Crippen molar-refractivity contribution >= 4 is 55.2 Å². The van der Waals surface area contributed by atoms with E-state index in [0.29, 0.717) is 45.3 Å². The number of hydrogen-bond acceptors (Lipinski definition) is 7. The second kappa shape index (κ2) is 13.2. The molecule has 0 N–H and O–H groups in total. The molecule has 5 rings (SSSR count). The Bertz CT molecular complexity index is 1830. The Kier molecular flexibility index (Phi) is 9.45. The molecule has 7 nitrogen and oxygen atoms in total. The summed E-state index contributed by atoms with van der Waals surface area (Å²) in [5, 5.41) is 0. The lowest BCUT2D eigenvalue weighted by Gasteiger charge is -2.24. The number of aromatic nitrogens is 1. The molecule has 4 aromatic rings. The van der Waals surface area contributed by atoms with E-state index in [9.17, 15) is 9.59 Å². The van der Waals surface area contributed by atoms with Crippen LogP contribution in [0.3, 0.4) is 0 Å². The highest BCUT2D eigenvalue weighted by atomic mass is 79.9. The van der Waals surface area contributed by atoms with Gasteiger partial charge >= 0.3 is 5.97 Å². The molecule has 0 spiro atoms. The number of nitrogens with zero attached hydrogens (tertiary/aromatic N) is 2. The quantitative estimate of drug-likeness (QED) is 0.191. The minimum Gasteiger partial charge on any atom is -0.490 e. The first-order valence-electron chi connectivity index (χ1n) is 13.4. The van der Waals surface area contributed by atoms with Crippen LogP contribution in [0.25, 0.3) is 6.08 Å². The summed E-state index contributed by atoms with van der Waals surface area (Å²) in [6.07, 6.45) is 1.81. The van der Waals surface area contributed by atoms with Crippen LogP contribution in [0.5, 0.6) is 11.5 Å². The molecule has 10 heteroatoms. The van der Waals surface area contributed by atoms with Gasteiger partial charge in [0.05, 0.1) is 35.1 Å². The maximum atomic E-state index is 13.9. The molecule has 0 bridgehead atoms. The third-order valence-corrected chi connectivity index (χ3v) is 8.62. The molecule has 0 radical (unpaired) electrons. The van der Waals surface area contributed by atoms with E-state index < -0.39 is 12.0 Å². The summed E-state index contributed by atoms with van der Waals surface area (Å²) in [5.74, 6) is 0.716. The van der Waals surface area contributed by atoms with Gasteiger partial charge in [0.2, 0.25) is 0 Å². The van der Waals surface area contributed by atoms with E-state index in [4.69, 9.17) is 14.2 Å². The fourth-order valence-electron chi connectivity index (χ4n) is 4.65. The highest BCUT2D eigenvalue weighted by Crippen LogP contribution is 2.32. The Morgan fingerprint density at radius 2 is 1.64 bits per heavy atom. The highest BCUT2D eigenvalue weighted by molar-refractivity contribution is 9.10. The summed E-state index contributed by atoms with van der Waals surface area (Å²) < 4.78 is 21.3. The van der Waals surface area contributed by atoms with E-state index in [-0.39, 0.29) is 12.2 Å². The van der Waals surface area contributed by atoms with Gasteiger partial charge in [-0.3, -0.25) is 9.36 Å². The average Bonchev–Trinajstić information content (AvgIpc) is 3.27. The van der Waals surface area contributed by atoms with E-state index in [1.165, 1.54) is 11.3 Å². The Hall–Kier alpha value is -3.47. The molecule has 3 aromatic carbocycles. The molecule has 1 atom stereocenters. The zero-order valence-electron chi connectivity index (χ0n) is 23.2. The number of thiazole rings is 1. The van der Waals surface area contributed by atoms with Crippen molar-refractivity contribution in [1.29, 1.82) is 0 Å². The lowest BCUT2D eigenvalue weighted by atomic mass is 9.96. The Morgan fingerprint density at radius 3 is 2.31 bits per heavy atom. The summed E-state index contributed by atoms with van der Waals surface area (Å²) in [7, 11) is 0. The number of hydrogen-bond donors (Lipinski definition) is 0.